The van der Waals surface area contributed by atoms with Crippen LogP contribution in [0.25, 0.3) is 0 Å². The molecule has 0 saturated carbocycles. The Morgan fingerprint density at radius 2 is 1.35 bits per heavy atom. The van der Waals surface area contributed by atoms with Gasteiger partial charge in [-0.2, -0.15) is 0 Å². The first-order chi connectivity index (χ1) is 9.47. The van der Waals surface area contributed by atoms with Gasteiger partial charge in [-0.05, 0) is 48.4 Å². The average Bonchev–Trinajstić information content (AvgIpc) is 2.41. The van der Waals surface area contributed by atoms with E-state index in [9.17, 15) is 8.42 Å². The van der Waals surface area contributed by atoms with Crippen molar-refractivity contribution in [3.63, 3.8) is 0 Å². The van der Waals surface area contributed by atoms with Crippen molar-refractivity contribution >= 4 is 10.0 Å². The van der Waals surface area contributed by atoms with Gasteiger partial charge >= 0.3 is 0 Å². The third-order valence-electron chi connectivity index (χ3n) is 2.79. The molecule has 0 fully saturated rings. The molecular weight excluding hydrogens is 278 g/mol. The summed E-state index contributed by atoms with van der Waals surface area (Å²) in [5.74, 6) is 0.200. The van der Waals surface area contributed by atoms with Crippen molar-refractivity contribution in [1.82, 2.24) is 4.72 Å². The molecule has 2 aromatic carbocycles. The van der Waals surface area contributed by atoms with Crippen molar-refractivity contribution in [2.75, 3.05) is 6.54 Å². The van der Waals surface area contributed by atoms with Crippen molar-refractivity contribution in [1.29, 1.82) is 0 Å². The maximum atomic E-state index is 12.0. The summed E-state index contributed by atoms with van der Waals surface area (Å²) in [6.45, 7) is 0.258. The zero-order valence-corrected chi connectivity index (χ0v) is 11.5. The molecule has 2 rings (SSSR count). The standard InChI is InChI=1S/C14H15NO4S/c16-12-3-1-11(2-4-12)9-10-15-20(18,19)14-7-5-13(17)6-8-14/h1-8,15-17H,9-10H2. The monoisotopic (exact) mass is 293 g/mol. The van der Waals surface area contributed by atoms with Crippen molar-refractivity contribution in [2.45, 2.75) is 11.3 Å². The van der Waals surface area contributed by atoms with Crippen LogP contribution in [0.1, 0.15) is 5.56 Å². The molecule has 0 aliphatic rings. The minimum Gasteiger partial charge on any atom is -0.508 e. The molecular formula is C14H15NO4S. The number of sulfonamides is 1. The topological polar surface area (TPSA) is 86.6 Å². The SMILES string of the molecule is O=S(=O)(NCCc1ccc(O)cc1)c1ccc(O)cc1. The third-order valence-corrected chi connectivity index (χ3v) is 4.27. The highest BCUT2D eigenvalue weighted by Crippen LogP contribution is 2.14. The number of phenols is 2. The Morgan fingerprint density at radius 1 is 0.850 bits per heavy atom. The van der Waals surface area contributed by atoms with Gasteiger partial charge in [0, 0.05) is 6.54 Å². The Kier molecular flexibility index (Phi) is 4.26. The number of hydrogen-bond donors (Lipinski definition) is 3. The second kappa shape index (κ2) is 5.94. The van der Waals surface area contributed by atoms with E-state index < -0.39 is 10.0 Å². The van der Waals surface area contributed by atoms with Gasteiger partial charge in [-0.3, -0.25) is 0 Å². The molecule has 0 saturated heterocycles. The van der Waals surface area contributed by atoms with E-state index in [0.29, 0.717) is 6.42 Å². The molecule has 0 heterocycles. The zero-order chi connectivity index (χ0) is 14.6. The van der Waals surface area contributed by atoms with Crippen LogP contribution >= 0.6 is 0 Å². The maximum absolute atomic E-state index is 12.0. The molecule has 20 heavy (non-hydrogen) atoms. The molecule has 0 atom stereocenters. The van der Waals surface area contributed by atoms with Gasteiger partial charge in [0.15, 0.2) is 0 Å². The predicted octanol–water partition coefficient (Wildman–Crippen LogP) is 1.62. The summed E-state index contributed by atoms with van der Waals surface area (Å²) in [7, 11) is -3.57. The first-order valence-corrected chi connectivity index (χ1v) is 7.52. The van der Waals surface area contributed by atoms with Crippen LogP contribution in [0.2, 0.25) is 0 Å². The van der Waals surface area contributed by atoms with E-state index in [2.05, 4.69) is 4.72 Å². The van der Waals surface area contributed by atoms with Crippen LogP contribution in [0, 0.1) is 0 Å². The molecule has 0 spiro atoms. The molecule has 0 aliphatic heterocycles. The maximum Gasteiger partial charge on any atom is 0.240 e. The molecule has 0 aliphatic carbocycles. The Hall–Kier alpha value is -2.05. The van der Waals surface area contributed by atoms with Crippen LogP contribution in [0.4, 0.5) is 0 Å². The van der Waals surface area contributed by atoms with Crippen LogP contribution in [0.3, 0.4) is 0 Å². The van der Waals surface area contributed by atoms with Crippen LogP contribution < -0.4 is 4.72 Å². The van der Waals surface area contributed by atoms with Gasteiger partial charge in [0.05, 0.1) is 4.90 Å². The smallest absolute Gasteiger partial charge is 0.240 e. The van der Waals surface area contributed by atoms with Crippen LogP contribution in [0.5, 0.6) is 11.5 Å². The van der Waals surface area contributed by atoms with Gasteiger partial charge in [0.25, 0.3) is 0 Å². The lowest BCUT2D eigenvalue weighted by Crippen LogP contribution is -2.25. The third kappa shape index (κ3) is 3.72. The summed E-state index contributed by atoms with van der Waals surface area (Å²) in [5.41, 5.74) is 0.927. The first kappa shape index (κ1) is 14.4. The number of benzene rings is 2. The highest BCUT2D eigenvalue weighted by molar-refractivity contribution is 7.89. The number of rotatable bonds is 5. The van der Waals surface area contributed by atoms with Crippen LogP contribution in [-0.4, -0.2) is 25.2 Å². The molecule has 5 nitrogen and oxygen atoms in total. The van der Waals surface area contributed by atoms with Crippen molar-refractivity contribution in [3.8, 4) is 11.5 Å². The van der Waals surface area contributed by atoms with E-state index in [0.717, 1.165) is 5.56 Å². The number of phenolic OH excluding ortho intramolecular Hbond substituents is 2. The Balaban J connectivity index is 1.96. The number of nitrogens with one attached hydrogen (secondary N) is 1. The van der Waals surface area contributed by atoms with E-state index in [1.165, 1.54) is 24.3 Å². The van der Waals surface area contributed by atoms with Crippen molar-refractivity contribution in [3.05, 3.63) is 54.1 Å². The normalized spacial score (nSPS) is 11.4. The summed E-state index contributed by atoms with van der Waals surface area (Å²) in [4.78, 5) is 0.112. The number of aromatic hydroxyl groups is 2. The van der Waals surface area contributed by atoms with E-state index in [-0.39, 0.29) is 22.9 Å². The van der Waals surface area contributed by atoms with Gasteiger partial charge in [-0.1, -0.05) is 12.1 Å². The minimum atomic E-state index is -3.57. The quantitative estimate of drug-likeness (QED) is 0.782. The summed E-state index contributed by atoms with van der Waals surface area (Å²) in [6.07, 6.45) is 0.525. The minimum absolute atomic E-state index is 0.0213. The molecule has 3 N–H and O–H groups in total. The zero-order valence-electron chi connectivity index (χ0n) is 10.7. The molecule has 106 valence electrons. The lowest BCUT2D eigenvalue weighted by molar-refractivity contribution is 0.474. The van der Waals surface area contributed by atoms with E-state index in [1.807, 2.05) is 0 Å². The second-order valence-electron chi connectivity index (χ2n) is 4.31. The van der Waals surface area contributed by atoms with Gasteiger partial charge in [0.1, 0.15) is 11.5 Å². The fraction of sp³-hybridized carbons (Fsp3) is 0.143. The van der Waals surface area contributed by atoms with Gasteiger partial charge in [-0.15, -0.1) is 0 Å². The second-order valence-corrected chi connectivity index (χ2v) is 6.08. The summed E-state index contributed by atoms with van der Waals surface area (Å²) in [5, 5.41) is 18.3. The fourth-order valence-electron chi connectivity index (χ4n) is 1.70. The van der Waals surface area contributed by atoms with Crippen molar-refractivity contribution in [2.24, 2.45) is 0 Å². The van der Waals surface area contributed by atoms with Crippen LogP contribution in [0.15, 0.2) is 53.4 Å². The molecule has 6 heteroatoms. The number of hydrogen-bond acceptors (Lipinski definition) is 4. The van der Waals surface area contributed by atoms with Gasteiger partial charge < -0.3 is 10.2 Å². The van der Waals surface area contributed by atoms with E-state index >= 15 is 0 Å². The van der Waals surface area contributed by atoms with Gasteiger partial charge in [0.2, 0.25) is 10.0 Å². The van der Waals surface area contributed by atoms with E-state index in [1.54, 1.807) is 24.3 Å². The molecule has 0 radical (unpaired) electrons. The predicted molar refractivity (Wildman–Crippen MR) is 75.1 cm³/mol. The summed E-state index contributed by atoms with van der Waals surface area (Å²) >= 11 is 0. The van der Waals surface area contributed by atoms with E-state index in [4.69, 9.17) is 10.2 Å². The first-order valence-electron chi connectivity index (χ1n) is 6.04. The summed E-state index contributed by atoms with van der Waals surface area (Å²) in [6, 6.07) is 11.9. The fourth-order valence-corrected chi connectivity index (χ4v) is 2.73. The Morgan fingerprint density at radius 3 is 1.90 bits per heavy atom. The molecule has 0 amide bonds. The lowest BCUT2D eigenvalue weighted by Gasteiger charge is -2.07. The Labute approximate surface area is 117 Å². The highest BCUT2D eigenvalue weighted by Gasteiger charge is 2.12. The van der Waals surface area contributed by atoms with Crippen molar-refractivity contribution < 1.29 is 18.6 Å². The Bertz CT molecular complexity index is 663. The molecule has 0 unspecified atom stereocenters. The average molecular weight is 293 g/mol. The lowest BCUT2D eigenvalue weighted by atomic mass is 10.1. The van der Waals surface area contributed by atoms with Gasteiger partial charge in [-0.25, -0.2) is 13.1 Å². The molecule has 0 aromatic heterocycles. The van der Waals surface area contributed by atoms with Crippen LogP contribution in [-0.2, 0) is 16.4 Å². The summed E-state index contributed by atoms with van der Waals surface area (Å²) < 4.78 is 26.4. The highest BCUT2D eigenvalue weighted by atomic mass is 32.2. The largest absolute Gasteiger partial charge is 0.508 e. The molecule has 0 bridgehead atoms. The molecule has 2 aromatic rings.